The highest BCUT2D eigenvalue weighted by atomic mass is 16.6. The molecule has 10 nitrogen and oxygen atoms in total. The summed E-state index contributed by atoms with van der Waals surface area (Å²) in [6.45, 7) is 1.01. The van der Waals surface area contributed by atoms with E-state index in [1.165, 1.54) is 7.11 Å². The van der Waals surface area contributed by atoms with Gasteiger partial charge in [0.25, 0.3) is 11.8 Å². The first-order valence-corrected chi connectivity index (χ1v) is 9.72. The molecule has 1 saturated heterocycles. The van der Waals surface area contributed by atoms with Gasteiger partial charge in [-0.1, -0.05) is 19.1 Å². The minimum atomic E-state index is -0.962. The van der Waals surface area contributed by atoms with E-state index in [0.29, 0.717) is 35.3 Å². The Hall–Kier alpha value is -3.30. The van der Waals surface area contributed by atoms with E-state index < -0.39 is 42.6 Å². The number of hydrazine groups is 1. The van der Waals surface area contributed by atoms with Crippen LogP contribution in [0.3, 0.4) is 0 Å². The Bertz CT molecular complexity index is 833. The summed E-state index contributed by atoms with van der Waals surface area (Å²) in [7, 11) is 1.47. The van der Waals surface area contributed by atoms with Crippen LogP contribution in [0.25, 0.3) is 0 Å². The molecule has 1 heterocycles. The SMILES string of the molecule is COc1ccccc1OCC(=O)OCC(=O)NN1C(=O)NC2(CCC(C)CC2)C1=O. The molecule has 3 rings (SSSR count). The first-order chi connectivity index (χ1) is 14.3. The van der Waals surface area contributed by atoms with Crippen molar-refractivity contribution < 1.29 is 33.4 Å². The van der Waals surface area contributed by atoms with E-state index >= 15 is 0 Å². The highest BCUT2D eigenvalue weighted by Crippen LogP contribution is 2.35. The fraction of sp³-hybridized carbons (Fsp3) is 0.500. The number of urea groups is 1. The first kappa shape index (κ1) is 21.4. The van der Waals surface area contributed by atoms with Gasteiger partial charge in [-0.25, -0.2) is 9.59 Å². The Morgan fingerprint density at radius 1 is 1.17 bits per heavy atom. The van der Waals surface area contributed by atoms with Crippen molar-refractivity contribution in [2.24, 2.45) is 5.92 Å². The van der Waals surface area contributed by atoms with E-state index in [-0.39, 0.29) is 0 Å². The summed E-state index contributed by atoms with van der Waals surface area (Å²) in [5, 5.41) is 3.36. The second kappa shape index (κ2) is 9.02. The Morgan fingerprint density at radius 2 is 1.83 bits per heavy atom. The standard InChI is InChI=1S/C20H25N3O7/c1-13-7-9-20(10-8-13)18(26)23(19(27)21-20)22-16(24)11-30-17(25)12-29-15-6-4-3-5-14(15)28-2/h3-6,13H,7-12H2,1-2H3,(H,21,27)(H,22,24). The Kier molecular flexibility index (Phi) is 6.43. The monoisotopic (exact) mass is 419 g/mol. The van der Waals surface area contributed by atoms with Crippen LogP contribution in [0, 0.1) is 5.92 Å². The van der Waals surface area contributed by atoms with Crippen LogP contribution < -0.4 is 20.2 Å². The number of nitrogens with zero attached hydrogens (tertiary/aromatic N) is 1. The van der Waals surface area contributed by atoms with Gasteiger partial charge in [-0.05, 0) is 43.7 Å². The summed E-state index contributed by atoms with van der Waals surface area (Å²) in [5.41, 5.74) is 1.24. The van der Waals surface area contributed by atoms with E-state index in [1.807, 2.05) is 0 Å². The van der Waals surface area contributed by atoms with E-state index in [1.54, 1.807) is 24.3 Å². The molecule has 0 aromatic heterocycles. The lowest BCUT2D eigenvalue weighted by Gasteiger charge is -2.33. The normalized spacial score (nSPS) is 23.1. The zero-order valence-electron chi connectivity index (χ0n) is 16.9. The number of benzene rings is 1. The quantitative estimate of drug-likeness (QED) is 0.502. The number of nitrogens with one attached hydrogen (secondary N) is 2. The van der Waals surface area contributed by atoms with Crippen LogP contribution in [0.1, 0.15) is 32.6 Å². The summed E-state index contributed by atoms with van der Waals surface area (Å²) >= 11 is 0. The van der Waals surface area contributed by atoms with Crippen LogP contribution in [-0.4, -0.2) is 54.7 Å². The number of rotatable bonds is 7. The summed E-state index contributed by atoms with van der Waals surface area (Å²) in [6, 6.07) is 6.08. The third-order valence-corrected chi connectivity index (χ3v) is 5.30. The Morgan fingerprint density at radius 3 is 2.50 bits per heavy atom. The van der Waals surface area contributed by atoms with Crippen LogP contribution in [0.5, 0.6) is 11.5 Å². The van der Waals surface area contributed by atoms with E-state index in [9.17, 15) is 19.2 Å². The molecule has 1 aliphatic carbocycles. The van der Waals surface area contributed by atoms with Crippen molar-refractivity contribution in [3.63, 3.8) is 0 Å². The molecule has 10 heteroatoms. The fourth-order valence-electron chi connectivity index (χ4n) is 3.54. The summed E-state index contributed by atoms with van der Waals surface area (Å²) in [5.74, 6) is -0.781. The number of para-hydroxylation sites is 2. The van der Waals surface area contributed by atoms with Crippen LogP contribution in [0.15, 0.2) is 24.3 Å². The molecule has 4 amide bonds. The molecule has 0 unspecified atom stereocenters. The number of imide groups is 1. The molecule has 1 aliphatic heterocycles. The van der Waals surface area contributed by atoms with Crippen molar-refractivity contribution in [3.05, 3.63) is 24.3 Å². The van der Waals surface area contributed by atoms with Gasteiger partial charge < -0.3 is 19.5 Å². The molecule has 1 aromatic carbocycles. The second-order valence-electron chi connectivity index (χ2n) is 7.47. The number of esters is 1. The van der Waals surface area contributed by atoms with Gasteiger partial charge in [0.2, 0.25) is 0 Å². The molecule has 1 aromatic rings. The molecule has 2 fully saturated rings. The molecule has 30 heavy (non-hydrogen) atoms. The van der Waals surface area contributed by atoms with Gasteiger partial charge in [-0.3, -0.25) is 15.0 Å². The van der Waals surface area contributed by atoms with Gasteiger partial charge in [-0.15, -0.1) is 0 Å². The lowest BCUT2D eigenvalue weighted by molar-refractivity contribution is -0.152. The molecule has 1 saturated carbocycles. The van der Waals surface area contributed by atoms with Crippen LogP contribution >= 0.6 is 0 Å². The zero-order chi connectivity index (χ0) is 21.7. The highest BCUT2D eigenvalue weighted by Gasteiger charge is 2.52. The van der Waals surface area contributed by atoms with Crippen molar-refractivity contribution in [1.82, 2.24) is 15.8 Å². The fourth-order valence-corrected chi connectivity index (χ4v) is 3.54. The minimum absolute atomic E-state index is 0.354. The Balaban J connectivity index is 1.46. The third-order valence-electron chi connectivity index (χ3n) is 5.30. The smallest absolute Gasteiger partial charge is 0.344 e. The Labute approximate surface area is 173 Å². The van der Waals surface area contributed by atoms with Gasteiger partial charge in [0.05, 0.1) is 7.11 Å². The lowest BCUT2D eigenvalue weighted by atomic mass is 9.77. The number of carbonyl (C=O) groups excluding carboxylic acids is 4. The van der Waals surface area contributed by atoms with Crippen molar-refractivity contribution in [1.29, 1.82) is 0 Å². The van der Waals surface area contributed by atoms with Gasteiger partial charge >= 0.3 is 12.0 Å². The molecule has 0 radical (unpaired) electrons. The van der Waals surface area contributed by atoms with Crippen molar-refractivity contribution in [2.45, 2.75) is 38.1 Å². The number of amides is 4. The van der Waals surface area contributed by atoms with Crippen molar-refractivity contribution in [3.8, 4) is 11.5 Å². The predicted octanol–water partition coefficient (Wildman–Crippen LogP) is 1.15. The third kappa shape index (κ3) is 4.64. The molecular weight excluding hydrogens is 394 g/mol. The van der Waals surface area contributed by atoms with Crippen molar-refractivity contribution >= 4 is 23.8 Å². The van der Waals surface area contributed by atoms with Gasteiger partial charge in [0.15, 0.2) is 24.7 Å². The summed E-state index contributed by atoms with van der Waals surface area (Å²) < 4.78 is 15.3. The maximum absolute atomic E-state index is 12.7. The number of carbonyl (C=O) groups is 4. The summed E-state index contributed by atoms with van der Waals surface area (Å²) in [4.78, 5) is 48.8. The average molecular weight is 419 g/mol. The second-order valence-corrected chi connectivity index (χ2v) is 7.47. The van der Waals surface area contributed by atoms with Crippen molar-refractivity contribution in [2.75, 3.05) is 20.3 Å². The topological polar surface area (TPSA) is 123 Å². The minimum Gasteiger partial charge on any atom is -0.493 e. The molecule has 1 spiro atoms. The van der Waals surface area contributed by atoms with Gasteiger partial charge in [-0.2, -0.15) is 5.01 Å². The first-order valence-electron chi connectivity index (χ1n) is 9.72. The molecule has 0 bridgehead atoms. The highest BCUT2D eigenvalue weighted by molar-refractivity contribution is 6.08. The van der Waals surface area contributed by atoms with Crippen LogP contribution in [-0.2, 0) is 19.1 Å². The van der Waals surface area contributed by atoms with E-state index in [0.717, 1.165) is 12.8 Å². The van der Waals surface area contributed by atoms with Crippen LogP contribution in [0.2, 0.25) is 0 Å². The summed E-state index contributed by atoms with van der Waals surface area (Å²) in [6.07, 6.45) is 2.69. The number of hydrogen-bond acceptors (Lipinski definition) is 7. The number of hydrogen-bond donors (Lipinski definition) is 2. The van der Waals surface area contributed by atoms with E-state index in [2.05, 4.69) is 17.7 Å². The van der Waals surface area contributed by atoms with Gasteiger partial charge in [0.1, 0.15) is 5.54 Å². The molecule has 2 aliphatic rings. The maximum Gasteiger partial charge on any atom is 0.344 e. The largest absolute Gasteiger partial charge is 0.493 e. The molecule has 162 valence electrons. The number of methoxy groups -OCH3 is 1. The molecule has 0 atom stereocenters. The predicted molar refractivity (Wildman–Crippen MR) is 103 cm³/mol. The van der Waals surface area contributed by atoms with E-state index in [4.69, 9.17) is 14.2 Å². The zero-order valence-corrected chi connectivity index (χ0v) is 16.9. The molecular formula is C20H25N3O7. The maximum atomic E-state index is 12.7. The average Bonchev–Trinajstić information content (AvgIpc) is 2.97. The van der Waals surface area contributed by atoms with Crippen LogP contribution in [0.4, 0.5) is 4.79 Å². The van der Waals surface area contributed by atoms with Gasteiger partial charge in [0, 0.05) is 0 Å². The molecule has 2 N–H and O–H groups in total. The number of ether oxygens (including phenoxy) is 3. The lowest BCUT2D eigenvalue weighted by Crippen LogP contribution is -2.52.